The van der Waals surface area contributed by atoms with Crippen LogP contribution in [0.4, 0.5) is 0 Å². The molecule has 0 saturated heterocycles. The minimum absolute atomic E-state index is 0.129. The van der Waals surface area contributed by atoms with Gasteiger partial charge in [-0.25, -0.2) is 4.98 Å². The molecule has 8 nitrogen and oxygen atoms in total. The number of nitrogens with zero attached hydrogens (tertiary/aromatic N) is 6. The minimum Gasteiger partial charge on any atom is -0.296 e. The van der Waals surface area contributed by atoms with Crippen molar-refractivity contribution in [2.75, 3.05) is 5.88 Å². The first-order chi connectivity index (χ1) is 12.6. The second kappa shape index (κ2) is 6.62. The SMILES string of the molecule is O=C(CCl)[C@@H]1CCc2nc(-c3cc(Cl)ccc3-n3cnnn3)cc(=O)n21. The average molecular weight is 391 g/mol. The van der Waals surface area contributed by atoms with E-state index in [-0.39, 0.29) is 17.2 Å². The zero-order chi connectivity index (χ0) is 18.3. The van der Waals surface area contributed by atoms with Crippen molar-refractivity contribution in [2.24, 2.45) is 0 Å². The Morgan fingerprint density at radius 2 is 2.15 bits per heavy atom. The molecule has 4 rings (SSSR count). The van der Waals surface area contributed by atoms with E-state index < -0.39 is 6.04 Å². The highest BCUT2D eigenvalue weighted by atomic mass is 35.5. The van der Waals surface area contributed by atoms with Crippen LogP contribution in [0.1, 0.15) is 18.3 Å². The topological polar surface area (TPSA) is 95.6 Å². The second-order valence-corrected chi connectivity index (χ2v) is 6.54. The first-order valence-corrected chi connectivity index (χ1v) is 8.74. The maximum atomic E-state index is 12.7. The Labute approximate surface area is 157 Å². The van der Waals surface area contributed by atoms with E-state index in [9.17, 15) is 9.59 Å². The Kier molecular flexibility index (Phi) is 4.29. The molecule has 1 aliphatic rings. The molecule has 26 heavy (non-hydrogen) atoms. The number of halogens is 2. The highest BCUT2D eigenvalue weighted by molar-refractivity contribution is 6.31. The Morgan fingerprint density at radius 3 is 2.88 bits per heavy atom. The van der Waals surface area contributed by atoms with Gasteiger partial charge in [-0.1, -0.05) is 11.6 Å². The van der Waals surface area contributed by atoms with Crippen molar-refractivity contribution in [1.29, 1.82) is 0 Å². The number of aromatic nitrogens is 6. The molecule has 3 heterocycles. The maximum absolute atomic E-state index is 12.7. The summed E-state index contributed by atoms with van der Waals surface area (Å²) >= 11 is 11.8. The number of benzene rings is 1. The summed E-state index contributed by atoms with van der Waals surface area (Å²) in [6.07, 6.45) is 2.49. The van der Waals surface area contributed by atoms with Crippen LogP contribution in [0.3, 0.4) is 0 Å². The molecule has 0 amide bonds. The van der Waals surface area contributed by atoms with Gasteiger partial charge in [0.1, 0.15) is 12.2 Å². The lowest BCUT2D eigenvalue weighted by Gasteiger charge is -2.13. The van der Waals surface area contributed by atoms with Crippen LogP contribution < -0.4 is 5.56 Å². The van der Waals surface area contributed by atoms with E-state index >= 15 is 0 Å². The van der Waals surface area contributed by atoms with Crippen molar-refractivity contribution >= 4 is 29.0 Å². The van der Waals surface area contributed by atoms with E-state index in [1.54, 1.807) is 18.2 Å². The van der Waals surface area contributed by atoms with Gasteiger partial charge in [-0.2, -0.15) is 4.68 Å². The largest absolute Gasteiger partial charge is 0.296 e. The minimum atomic E-state index is -0.546. The monoisotopic (exact) mass is 390 g/mol. The van der Waals surface area contributed by atoms with Gasteiger partial charge in [0.15, 0.2) is 5.78 Å². The molecule has 0 unspecified atom stereocenters. The zero-order valence-corrected chi connectivity index (χ0v) is 14.9. The fourth-order valence-electron chi connectivity index (χ4n) is 3.16. The Hall–Kier alpha value is -2.58. The number of ketones is 1. The maximum Gasteiger partial charge on any atom is 0.254 e. The smallest absolute Gasteiger partial charge is 0.254 e. The fourth-order valence-corrected chi connectivity index (χ4v) is 3.51. The number of carbonyl (C=O) groups excluding carboxylic acids is 1. The lowest BCUT2D eigenvalue weighted by molar-refractivity contribution is -0.119. The average Bonchev–Trinajstić information content (AvgIpc) is 3.30. The molecular formula is C16H12Cl2N6O2. The zero-order valence-electron chi connectivity index (χ0n) is 13.3. The van der Waals surface area contributed by atoms with Crippen LogP contribution in [0.15, 0.2) is 35.4 Å². The highest BCUT2D eigenvalue weighted by Gasteiger charge is 2.30. The van der Waals surface area contributed by atoms with Crippen molar-refractivity contribution < 1.29 is 4.79 Å². The van der Waals surface area contributed by atoms with Gasteiger partial charge in [-0.3, -0.25) is 14.2 Å². The van der Waals surface area contributed by atoms with E-state index in [2.05, 4.69) is 20.5 Å². The van der Waals surface area contributed by atoms with Crippen LogP contribution in [0.25, 0.3) is 16.9 Å². The van der Waals surface area contributed by atoms with Crippen molar-refractivity contribution in [2.45, 2.75) is 18.9 Å². The van der Waals surface area contributed by atoms with E-state index in [1.807, 2.05) is 0 Å². The van der Waals surface area contributed by atoms with Gasteiger partial charge in [-0.15, -0.1) is 16.7 Å². The van der Waals surface area contributed by atoms with Crippen molar-refractivity contribution in [3.8, 4) is 16.9 Å². The summed E-state index contributed by atoms with van der Waals surface area (Å²) in [7, 11) is 0. The number of Topliss-reactive ketones (excluding diaryl/α,β-unsaturated/α-hetero) is 1. The first-order valence-electron chi connectivity index (χ1n) is 7.83. The number of tetrazole rings is 1. The molecular weight excluding hydrogens is 379 g/mol. The van der Waals surface area contributed by atoms with E-state index in [1.165, 1.54) is 21.6 Å². The summed E-state index contributed by atoms with van der Waals surface area (Å²) in [6, 6.07) is 6.00. The number of aryl methyl sites for hydroxylation is 1. The normalized spacial score (nSPS) is 15.8. The lowest BCUT2D eigenvalue weighted by atomic mass is 10.1. The summed E-state index contributed by atoms with van der Waals surface area (Å²) in [4.78, 5) is 29.2. The molecule has 0 radical (unpaired) electrons. The van der Waals surface area contributed by atoms with Gasteiger partial charge in [0.05, 0.1) is 23.3 Å². The van der Waals surface area contributed by atoms with Crippen molar-refractivity contribution in [1.82, 2.24) is 29.8 Å². The summed E-state index contributed by atoms with van der Waals surface area (Å²) in [6.45, 7) is 0. The number of rotatable bonds is 4. The van der Waals surface area contributed by atoms with E-state index in [0.29, 0.717) is 40.6 Å². The van der Waals surface area contributed by atoms with Crippen LogP contribution in [0, 0.1) is 0 Å². The van der Waals surface area contributed by atoms with Gasteiger partial charge in [0.2, 0.25) is 0 Å². The van der Waals surface area contributed by atoms with E-state index in [0.717, 1.165) is 0 Å². The van der Waals surface area contributed by atoms with Crippen LogP contribution in [-0.4, -0.2) is 41.4 Å². The number of hydrogen-bond acceptors (Lipinski definition) is 6. The number of fused-ring (bicyclic) bond motifs is 1. The summed E-state index contributed by atoms with van der Waals surface area (Å²) in [5.74, 6) is 0.244. The summed E-state index contributed by atoms with van der Waals surface area (Å²) in [5, 5.41) is 11.6. The predicted molar refractivity (Wildman–Crippen MR) is 94.7 cm³/mol. The molecule has 10 heteroatoms. The number of hydrogen-bond donors (Lipinski definition) is 0. The summed E-state index contributed by atoms with van der Waals surface area (Å²) in [5.41, 5.74) is 1.42. The van der Waals surface area contributed by atoms with Crippen LogP contribution in [-0.2, 0) is 11.2 Å². The quantitative estimate of drug-likeness (QED) is 0.630. The predicted octanol–water partition coefficient (Wildman–Crippen LogP) is 1.83. The molecule has 0 saturated carbocycles. The molecule has 1 aromatic carbocycles. The molecule has 1 aliphatic heterocycles. The third kappa shape index (κ3) is 2.81. The Bertz CT molecular complexity index is 1050. The van der Waals surface area contributed by atoms with Gasteiger partial charge < -0.3 is 0 Å². The van der Waals surface area contributed by atoms with E-state index in [4.69, 9.17) is 23.2 Å². The van der Waals surface area contributed by atoms with Gasteiger partial charge in [0, 0.05) is 23.1 Å². The third-order valence-electron chi connectivity index (χ3n) is 4.31. The molecule has 3 aromatic rings. The molecule has 0 spiro atoms. The Balaban J connectivity index is 1.87. The molecule has 1 atom stereocenters. The first kappa shape index (κ1) is 16.9. The number of alkyl halides is 1. The third-order valence-corrected chi connectivity index (χ3v) is 4.81. The van der Waals surface area contributed by atoms with Crippen LogP contribution in [0.5, 0.6) is 0 Å². The molecule has 0 aliphatic carbocycles. The number of carbonyl (C=O) groups is 1. The summed E-state index contributed by atoms with van der Waals surface area (Å²) < 4.78 is 2.90. The van der Waals surface area contributed by atoms with Crippen LogP contribution in [0.2, 0.25) is 5.02 Å². The molecule has 132 valence electrons. The van der Waals surface area contributed by atoms with Crippen molar-refractivity contribution in [3.05, 3.63) is 51.8 Å². The Morgan fingerprint density at radius 1 is 1.31 bits per heavy atom. The highest BCUT2D eigenvalue weighted by Crippen LogP contribution is 2.30. The standard InChI is InChI=1S/C16H12Cl2N6O2/c17-7-14(25)13-3-4-15-20-11(6-16(26)24(13)15)10-5-9(18)1-2-12(10)23-8-19-21-22-23/h1-2,5-6,8,13H,3-4,7H2/t13-/m0/s1. The fraction of sp³-hybridized carbons (Fsp3) is 0.250. The molecule has 0 bridgehead atoms. The van der Waals surface area contributed by atoms with Gasteiger partial charge >= 0.3 is 0 Å². The van der Waals surface area contributed by atoms with Gasteiger partial charge in [0.25, 0.3) is 5.56 Å². The molecule has 0 fully saturated rings. The van der Waals surface area contributed by atoms with Crippen molar-refractivity contribution in [3.63, 3.8) is 0 Å². The lowest BCUT2D eigenvalue weighted by Crippen LogP contribution is -2.28. The van der Waals surface area contributed by atoms with Gasteiger partial charge in [-0.05, 0) is 35.0 Å². The van der Waals surface area contributed by atoms with Crippen LogP contribution >= 0.6 is 23.2 Å². The second-order valence-electron chi connectivity index (χ2n) is 5.84. The molecule has 2 aromatic heterocycles. The molecule has 0 N–H and O–H groups in total.